The summed E-state index contributed by atoms with van der Waals surface area (Å²) in [5.41, 5.74) is -0.621. The fraction of sp³-hybridized carbons (Fsp3) is 0.500. The van der Waals surface area contributed by atoms with Gasteiger partial charge in [0.15, 0.2) is 5.75 Å². The van der Waals surface area contributed by atoms with E-state index in [0.717, 1.165) is 37.5 Å². The van der Waals surface area contributed by atoms with Crippen molar-refractivity contribution in [1.29, 1.82) is 0 Å². The standard InChI is InChI=1S/C12H16N2O5S/c1-8(9-3-2-4-9)13-20(18,19)10-5-6-12(15)11(7-10)14(16)17/h5-9,13,15H,2-4H2,1H3. The number of aromatic hydroxyl groups is 1. The lowest BCUT2D eigenvalue weighted by molar-refractivity contribution is -0.386. The number of nitro groups is 1. The van der Waals surface area contributed by atoms with Crippen LogP contribution in [0.15, 0.2) is 23.1 Å². The van der Waals surface area contributed by atoms with Gasteiger partial charge in [-0.1, -0.05) is 6.42 Å². The van der Waals surface area contributed by atoms with Gasteiger partial charge in [0.05, 0.1) is 9.82 Å². The Morgan fingerprint density at radius 1 is 1.45 bits per heavy atom. The van der Waals surface area contributed by atoms with Crippen LogP contribution in [0, 0.1) is 16.0 Å². The highest BCUT2D eigenvalue weighted by molar-refractivity contribution is 7.89. The van der Waals surface area contributed by atoms with Crippen molar-refractivity contribution >= 4 is 15.7 Å². The molecule has 2 N–H and O–H groups in total. The largest absolute Gasteiger partial charge is 0.502 e. The first-order valence-electron chi connectivity index (χ1n) is 6.31. The van der Waals surface area contributed by atoms with Crippen LogP contribution < -0.4 is 4.72 Å². The fourth-order valence-electron chi connectivity index (χ4n) is 2.17. The third-order valence-corrected chi connectivity index (χ3v) is 5.21. The molecule has 1 aliphatic carbocycles. The summed E-state index contributed by atoms with van der Waals surface area (Å²) in [5, 5.41) is 20.0. The lowest BCUT2D eigenvalue weighted by atomic mass is 9.81. The number of rotatable bonds is 5. The summed E-state index contributed by atoms with van der Waals surface area (Å²) >= 11 is 0. The minimum atomic E-state index is -3.82. The topological polar surface area (TPSA) is 110 Å². The number of nitrogens with zero attached hydrogens (tertiary/aromatic N) is 1. The second kappa shape index (κ2) is 5.37. The number of hydrogen-bond donors (Lipinski definition) is 2. The second-order valence-electron chi connectivity index (χ2n) is 5.01. The average Bonchev–Trinajstić information content (AvgIpc) is 2.25. The smallest absolute Gasteiger partial charge is 0.312 e. The summed E-state index contributed by atoms with van der Waals surface area (Å²) < 4.78 is 26.8. The molecule has 1 fully saturated rings. The first kappa shape index (κ1) is 14.7. The number of nitrogens with one attached hydrogen (secondary N) is 1. The van der Waals surface area contributed by atoms with Gasteiger partial charge in [-0.3, -0.25) is 10.1 Å². The number of nitro benzene ring substituents is 1. The van der Waals surface area contributed by atoms with E-state index in [9.17, 15) is 23.6 Å². The molecule has 0 aliphatic heterocycles. The van der Waals surface area contributed by atoms with E-state index in [4.69, 9.17) is 0 Å². The lowest BCUT2D eigenvalue weighted by Gasteiger charge is -2.31. The van der Waals surface area contributed by atoms with Gasteiger partial charge in [0.1, 0.15) is 0 Å². The SMILES string of the molecule is CC(NS(=O)(=O)c1ccc(O)c([N+](=O)[O-])c1)C1CCC1. The van der Waals surface area contributed by atoms with E-state index in [-0.39, 0.29) is 10.9 Å². The van der Waals surface area contributed by atoms with Gasteiger partial charge in [0.2, 0.25) is 10.0 Å². The molecular weight excluding hydrogens is 284 g/mol. The highest BCUT2D eigenvalue weighted by Crippen LogP contribution is 2.31. The van der Waals surface area contributed by atoms with Gasteiger partial charge in [-0.05, 0) is 37.8 Å². The molecule has 0 radical (unpaired) electrons. The molecule has 1 aromatic rings. The molecule has 0 saturated heterocycles. The van der Waals surface area contributed by atoms with Gasteiger partial charge in [0, 0.05) is 12.1 Å². The number of hydrogen-bond acceptors (Lipinski definition) is 5. The maximum Gasteiger partial charge on any atom is 0.312 e. The van der Waals surface area contributed by atoms with Crippen LogP contribution >= 0.6 is 0 Å². The Labute approximate surface area is 116 Å². The maximum atomic E-state index is 12.2. The average molecular weight is 300 g/mol. The number of sulfonamides is 1. The fourth-order valence-corrected chi connectivity index (χ4v) is 3.50. The zero-order valence-corrected chi connectivity index (χ0v) is 11.8. The van der Waals surface area contributed by atoms with E-state index in [1.54, 1.807) is 6.92 Å². The van der Waals surface area contributed by atoms with E-state index in [2.05, 4.69) is 4.72 Å². The van der Waals surface area contributed by atoms with Gasteiger partial charge >= 0.3 is 5.69 Å². The summed E-state index contributed by atoms with van der Waals surface area (Å²) in [5.74, 6) is -0.238. The third-order valence-electron chi connectivity index (χ3n) is 3.65. The Morgan fingerprint density at radius 3 is 2.60 bits per heavy atom. The van der Waals surface area contributed by atoms with Gasteiger partial charge in [-0.2, -0.15) is 0 Å². The summed E-state index contributed by atoms with van der Waals surface area (Å²) in [6.45, 7) is 1.79. The van der Waals surface area contributed by atoms with Crippen molar-refractivity contribution in [2.24, 2.45) is 5.92 Å². The molecule has 1 aliphatic rings. The van der Waals surface area contributed by atoms with E-state index >= 15 is 0 Å². The summed E-state index contributed by atoms with van der Waals surface area (Å²) in [6, 6.07) is 2.82. The Hall–Kier alpha value is -1.67. The molecule has 1 unspecified atom stereocenters. The number of phenolic OH excluding ortho intramolecular Hbond substituents is 1. The Morgan fingerprint density at radius 2 is 2.10 bits per heavy atom. The number of benzene rings is 1. The van der Waals surface area contributed by atoms with Crippen molar-refractivity contribution < 1.29 is 18.4 Å². The lowest BCUT2D eigenvalue weighted by Crippen LogP contribution is -2.40. The maximum absolute atomic E-state index is 12.2. The van der Waals surface area contributed by atoms with Crippen LogP contribution in [0.5, 0.6) is 5.75 Å². The molecular formula is C12H16N2O5S. The third kappa shape index (κ3) is 2.91. The van der Waals surface area contributed by atoms with Crippen molar-refractivity contribution in [2.75, 3.05) is 0 Å². The van der Waals surface area contributed by atoms with Crippen LogP contribution in [0.1, 0.15) is 26.2 Å². The Balaban J connectivity index is 2.24. The van der Waals surface area contributed by atoms with E-state index < -0.39 is 26.4 Å². The normalized spacial score (nSPS) is 17.4. The predicted octanol–water partition coefficient (Wildman–Crippen LogP) is 1.77. The molecule has 0 aromatic heterocycles. The van der Waals surface area contributed by atoms with E-state index in [1.165, 1.54) is 0 Å². The van der Waals surface area contributed by atoms with Crippen molar-refractivity contribution in [2.45, 2.75) is 37.1 Å². The zero-order valence-electron chi connectivity index (χ0n) is 10.9. The van der Waals surface area contributed by atoms with Crippen LogP contribution in [0.3, 0.4) is 0 Å². The molecule has 1 saturated carbocycles. The molecule has 20 heavy (non-hydrogen) atoms. The van der Waals surface area contributed by atoms with Crippen molar-refractivity contribution in [3.8, 4) is 5.75 Å². The summed E-state index contributed by atoms with van der Waals surface area (Å²) in [7, 11) is -3.82. The predicted molar refractivity (Wildman–Crippen MR) is 71.9 cm³/mol. The molecule has 1 atom stereocenters. The highest BCUT2D eigenvalue weighted by atomic mass is 32.2. The van der Waals surface area contributed by atoms with Crippen LogP contribution in [-0.4, -0.2) is 24.5 Å². The van der Waals surface area contributed by atoms with Crippen LogP contribution in [0.25, 0.3) is 0 Å². The molecule has 2 rings (SSSR count). The first-order valence-corrected chi connectivity index (χ1v) is 7.79. The van der Waals surface area contributed by atoms with Crippen molar-refractivity contribution in [1.82, 2.24) is 4.72 Å². The van der Waals surface area contributed by atoms with Crippen molar-refractivity contribution in [3.63, 3.8) is 0 Å². The minimum Gasteiger partial charge on any atom is -0.502 e. The van der Waals surface area contributed by atoms with Crippen LogP contribution in [0.2, 0.25) is 0 Å². The molecule has 0 bridgehead atoms. The Kier molecular flexibility index (Phi) is 3.96. The minimum absolute atomic E-state index is 0.207. The molecule has 1 aromatic carbocycles. The van der Waals surface area contributed by atoms with E-state index in [0.29, 0.717) is 5.92 Å². The van der Waals surface area contributed by atoms with Crippen LogP contribution in [-0.2, 0) is 10.0 Å². The van der Waals surface area contributed by atoms with Crippen LogP contribution in [0.4, 0.5) is 5.69 Å². The summed E-state index contributed by atoms with van der Waals surface area (Å²) in [4.78, 5) is 9.69. The molecule has 0 heterocycles. The van der Waals surface area contributed by atoms with Crippen molar-refractivity contribution in [3.05, 3.63) is 28.3 Å². The first-order chi connectivity index (χ1) is 9.31. The highest BCUT2D eigenvalue weighted by Gasteiger charge is 2.29. The zero-order chi connectivity index (χ0) is 14.9. The van der Waals surface area contributed by atoms with Gasteiger partial charge in [-0.25, -0.2) is 13.1 Å². The summed E-state index contributed by atoms with van der Waals surface area (Å²) in [6.07, 6.45) is 3.07. The molecule has 0 spiro atoms. The van der Waals surface area contributed by atoms with Gasteiger partial charge < -0.3 is 5.11 Å². The van der Waals surface area contributed by atoms with Gasteiger partial charge in [-0.15, -0.1) is 0 Å². The molecule has 110 valence electrons. The Bertz CT molecular complexity index is 625. The van der Waals surface area contributed by atoms with E-state index in [1.807, 2.05) is 0 Å². The molecule has 7 nitrogen and oxygen atoms in total. The molecule has 0 amide bonds. The monoisotopic (exact) mass is 300 g/mol. The number of phenols is 1. The second-order valence-corrected chi connectivity index (χ2v) is 6.72. The van der Waals surface area contributed by atoms with Gasteiger partial charge in [0.25, 0.3) is 0 Å². The quantitative estimate of drug-likeness (QED) is 0.636. The molecule has 8 heteroatoms.